The van der Waals surface area contributed by atoms with Gasteiger partial charge in [0.2, 0.25) is 29.5 Å². The van der Waals surface area contributed by atoms with Crippen LogP contribution in [0.5, 0.6) is 0 Å². The minimum atomic E-state index is -1.01. The second-order valence-corrected chi connectivity index (χ2v) is 11.1. The molecule has 0 aromatic heterocycles. The van der Waals surface area contributed by atoms with E-state index in [0.29, 0.717) is 44.4 Å². The van der Waals surface area contributed by atoms with Crippen LogP contribution in [0.2, 0.25) is 0 Å². The van der Waals surface area contributed by atoms with Gasteiger partial charge < -0.3 is 49.9 Å². The molecule has 0 saturated heterocycles. The summed E-state index contributed by atoms with van der Waals surface area (Å²) in [7, 11) is 0. The molecular weight excluding hydrogens is 552 g/mol. The van der Waals surface area contributed by atoms with Crippen LogP contribution in [0.3, 0.4) is 0 Å². The molecule has 0 aromatic carbocycles. The van der Waals surface area contributed by atoms with Gasteiger partial charge in [-0.15, -0.1) is 0 Å². The van der Waals surface area contributed by atoms with Gasteiger partial charge in [0.05, 0.1) is 12.6 Å². The Hall–Kier alpha value is -3.11. The monoisotopic (exact) mass is 602 g/mol. The van der Waals surface area contributed by atoms with E-state index in [1.165, 1.54) is 11.8 Å². The van der Waals surface area contributed by atoms with Crippen LogP contribution < -0.4 is 49.9 Å². The van der Waals surface area contributed by atoms with E-state index >= 15 is 0 Å². The Kier molecular flexibility index (Phi) is 20.0. The third kappa shape index (κ3) is 18.0. The summed E-state index contributed by atoms with van der Waals surface area (Å²) in [5.74, 6) is -2.28. The number of rotatable bonds is 22. The van der Waals surface area contributed by atoms with Crippen LogP contribution in [0, 0.1) is 5.92 Å². The Bertz CT molecular complexity index is 870. The van der Waals surface area contributed by atoms with Crippen LogP contribution in [0.25, 0.3) is 0 Å². The molecular formula is C25H50N10O5S. The van der Waals surface area contributed by atoms with Crippen molar-refractivity contribution in [1.82, 2.24) is 21.3 Å². The van der Waals surface area contributed by atoms with Gasteiger partial charge in [-0.1, -0.05) is 13.8 Å². The summed E-state index contributed by atoms with van der Waals surface area (Å²) >= 11 is 1.50. The van der Waals surface area contributed by atoms with Crippen LogP contribution in [-0.4, -0.2) is 91.3 Å². The van der Waals surface area contributed by atoms with E-state index in [4.69, 9.17) is 28.7 Å². The lowest BCUT2D eigenvalue weighted by atomic mass is 10.0. The Labute approximate surface area is 246 Å². The van der Waals surface area contributed by atoms with Crippen molar-refractivity contribution >= 4 is 47.3 Å². The first-order valence-electron chi connectivity index (χ1n) is 13.8. The zero-order chi connectivity index (χ0) is 31.4. The Morgan fingerprint density at radius 2 is 1.41 bits per heavy atom. The lowest BCUT2D eigenvalue weighted by Crippen LogP contribution is -2.56. The van der Waals surface area contributed by atoms with Crippen molar-refractivity contribution in [3.63, 3.8) is 0 Å². The van der Waals surface area contributed by atoms with Gasteiger partial charge in [-0.25, -0.2) is 0 Å². The number of primary amides is 1. The predicted octanol–water partition coefficient (Wildman–Crippen LogP) is -2.65. The minimum Gasteiger partial charge on any atom is -0.370 e. The number of amides is 5. The van der Waals surface area contributed by atoms with Crippen molar-refractivity contribution in [3.05, 3.63) is 0 Å². The van der Waals surface area contributed by atoms with Gasteiger partial charge in [0, 0.05) is 6.54 Å². The highest BCUT2D eigenvalue weighted by molar-refractivity contribution is 7.98. The van der Waals surface area contributed by atoms with Crippen LogP contribution in [-0.2, 0) is 24.0 Å². The number of guanidine groups is 1. The predicted molar refractivity (Wildman–Crippen MR) is 161 cm³/mol. The number of nitrogens with zero attached hydrogens (tertiary/aromatic N) is 1. The van der Waals surface area contributed by atoms with Crippen LogP contribution in [0.15, 0.2) is 4.99 Å². The van der Waals surface area contributed by atoms with Crippen LogP contribution in [0.4, 0.5) is 0 Å². The smallest absolute Gasteiger partial charge is 0.243 e. The number of carbonyl (C=O) groups is 5. The molecule has 0 aliphatic heterocycles. The van der Waals surface area contributed by atoms with Gasteiger partial charge in [-0.2, -0.15) is 11.8 Å². The van der Waals surface area contributed by atoms with Gasteiger partial charge in [-0.05, 0) is 69.4 Å². The molecule has 0 aliphatic rings. The summed E-state index contributed by atoms with van der Waals surface area (Å²) in [6.45, 7) is 4.06. The summed E-state index contributed by atoms with van der Waals surface area (Å²) in [5.41, 5.74) is 27.7. The second-order valence-electron chi connectivity index (χ2n) is 10.1. The SMILES string of the molecule is CSCC[C@H](NC(=O)CNC(=O)[C@H](CCCCN)NC(=O)[C@H](CCCN=C(N)N)NC(=O)[C@@H](N)CC(C)C)C(N)=O. The van der Waals surface area contributed by atoms with E-state index in [-0.39, 0.29) is 31.3 Å². The molecule has 0 aliphatic carbocycles. The molecule has 0 bridgehead atoms. The van der Waals surface area contributed by atoms with E-state index in [1.807, 2.05) is 20.1 Å². The summed E-state index contributed by atoms with van der Waals surface area (Å²) in [5, 5.41) is 10.4. The number of aliphatic imine (C=N–C) groups is 1. The average Bonchev–Trinajstić information content (AvgIpc) is 2.89. The fourth-order valence-corrected chi connectivity index (χ4v) is 4.23. The maximum Gasteiger partial charge on any atom is 0.243 e. The zero-order valence-electron chi connectivity index (χ0n) is 24.4. The maximum atomic E-state index is 13.3. The molecule has 0 fully saturated rings. The minimum absolute atomic E-state index is 0.0962. The van der Waals surface area contributed by atoms with Crippen LogP contribution >= 0.6 is 11.8 Å². The number of thioether (sulfide) groups is 1. The highest BCUT2D eigenvalue weighted by Gasteiger charge is 2.28. The second kappa shape index (κ2) is 21.6. The fourth-order valence-electron chi connectivity index (χ4n) is 3.76. The first-order valence-corrected chi connectivity index (χ1v) is 15.2. The lowest BCUT2D eigenvalue weighted by Gasteiger charge is -2.24. The molecule has 15 nitrogen and oxygen atoms in total. The Morgan fingerprint density at radius 3 is 1.98 bits per heavy atom. The van der Waals surface area contributed by atoms with E-state index in [0.717, 1.165) is 0 Å². The number of unbranched alkanes of at least 4 members (excludes halogenated alkanes) is 1. The molecule has 0 spiro atoms. The molecule has 0 heterocycles. The number of carbonyl (C=O) groups excluding carboxylic acids is 5. The molecule has 236 valence electrons. The zero-order valence-corrected chi connectivity index (χ0v) is 25.3. The van der Waals surface area contributed by atoms with Crippen molar-refractivity contribution in [2.75, 3.05) is 31.6 Å². The number of hydrogen-bond acceptors (Lipinski definition) is 9. The van der Waals surface area contributed by atoms with Gasteiger partial charge in [0.15, 0.2) is 5.96 Å². The number of nitrogens with one attached hydrogen (secondary N) is 4. The van der Waals surface area contributed by atoms with Crippen molar-refractivity contribution in [1.29, 1.82) is 0 Å². The van der Waals surface area contributed by atoms with Crippen LogP contribution in [0.1, 0.15) is 58.8 Å². The normalized spacial score (nSPS) is 13.8. The lowest BCUT2D eigenvalue weighted by molar-refractivity contribution is -0.133. The molecule has 4 atom stereocenters. The summed E-state index contributed by atoms with van der Waals surface area (Å²) in [6, 6.07) is -3.69. The molecule has 41 heavy (non-hydrogen) atoms. The van der Waals surface area contributed by atoms with E-state index in [2.05, 4.69) is 26.3 Å². The van der Waals surface area contributed by atoms with Gasteiger partial charge in [0.25, 0.3) is 0 Å². The highest BCUT2D eigenvalue weighted by Crippen LogP contribution is 2.07. The van der Waals surface area contributed by atoms with Gasteiger partial charge in [0.1, 0.15) is 18.1 Å². The molecule has 16 heteroatoms. The quantitative estimate of drug-likeness (QED) is 0.0352. The van der Waals surface area contributed by atoms with E-state index < -0.39 is 60.2 Å². The molecule has 0 saturated carbocycles. The molecule has 0 radical (unpaired) electrons. The fraction of sp³-hybridized carbons (Fsp3) is 0.760. The summed E-state index contributed by atoms with van der Waals surface area (Å²) in [4.78, 5) is 66.8. The number of nitrogens with two attached hydrogens (primary N) is 5. The topological polar surface area (TPSA) is 276 Å². The maximum absolute atomic E-state index is 13.3. The Balaban J connectivity index is 5.48. The molecule has 0 aromatic rings. The molecule has 14 N–H and O–H groups in total. The van der Waals surface area contributed by atoms with Gasteiger partial charge >= 0.3 is 0 Å². The van der Waals surface area contributed by atoms with E-state index in [9.17, 15) is 24.0 Å². The Morgan fingerprint density at radius 1 is 0.805 bits per heavy atom. The van der Waals surface area contributed by atoms with Crippen molar-refractivity contribution in [3.8, 4) is 0 Å². The molecule has 0 rings (SSSR count). The van der Waals surface area contributed by atoms with Crippen molar-refractivity contribution < 1.29 is 24.0 Å². The summed E-state index contributed by atoms with van der Waals surface area (Å²) in [6.07, 6.45) is 4.58. The van der Waals surface area contributed by atoms with E-state index in [1.54, 1.807) is 0 Å². The van der Waals surface area contributed by atoms with Crippen molar-refractivity contribution in [2.45, 2.75) is 83.0 Å². The summed E-state index contributed by atoms with van der Waals surface area (Å²) < 4.78 is 0. The van der Waals surface area contributed by atoms with Crippen molar-refractivity contribution in [2.24, 2.45) is 39.6 Å². The standard InChI is InChI=1S/C25H50N10O5S/c1-15(2)13-16(27)22(38)34-19(8-6-11-31-25(29)30)24(40)35-18(7-4-5-10-26)23(39)32-14-20(36)33-17(21(28)37)9-12-41-3/h15-19H,4-14,26-27H2,1-3H3,(H2,28,37)(H,32,39)(H,33,36)(H,34,38)(H,35,40)(H4,29,30,31)/t16-,17-,18-,19-/m0/s1. The highest BCUT2D eigenvalue weighted by atomic mass is 32.2. The molecule has 0 unspecified atom stereocenters. The average molecular weight is 603 g/mol. The number of hydrogen-bond donors (Lipinski definition) is 9. The third-order valence-corrected chi connectivity index (χ3v) is 6.58. The first kappa shape index (κ1) is 37.9. The molecule has 5 amide bonds. The third-order valence-electron chi connectivity index (χ3n) is 5.93. The first-order chi connectivity index (χ1) is 19.3. The largest absolute Gasteiger partial charge is 0.370 e. The van der Waals surface area contributed by atoms with Gasteiger partial charge in [-0.3, -0.25) is 29.0 Å².